The molecule has 0 bridgehead atoms. The first kappa shape index (κ1) is 15.3. The van der Waals surface area contributed by atoms with E-state index in [-0.39, 0.29) is 6.04 Å². The van der Waals surface area contributed by atoms with Gasteiger partial charge in [0.15, 0.2) is 0 Å². The van der Waals surface area contributed by atoms with E-state index < -0.39 is 0 Å². The van der Waals surface area contributed by atoms with Crippen LogP contribution in [0.2, 0.25) is 0 Å². The molecule has 1 atom stereocenters. The van der Waals surface area contributed by atoms with Gasteiger partial charge in [0, 0.05) is 13.3 Å². The van der Waals surface area contributed by atoms with Gasteiger partial charge in [-0.1, -0.05) is 45.4 Å². The lowest BCUT2D eigenvalue weighted by atomic mass is 10.1. The predicted molar refractivity (Wildman–Crippen MR) is 75.0 cm³/mol. The summed E-state index contributed by atoms with van der Waals surface area (Å²) in [6.45, 7) is 4.32. The maximum absolute atomic E-state index is 4.39. The summed E-state index contributed by atoms with van der Waals surface area (Å²) < 4.78 is 0. The van der Waals surface area contributed by atoms with Gasteiger partial charge in [-0.15, -0.1) is 0 Å². The van der Waals surface area contributed by atoms with Crippen LogP contribution >= 0.6 is 0 Å². The van der Waals surface area contributed by atoms with E-state index in [4.69, 9.17) is 0 Å². The molecule has 0 heterocycles. The minimum Gasteiger partial charge on any atom is -0.299 e. The van der Waals surface area contributed by atoms with Crippen molar-refractivity contribution in [3.05, 3.63) is 0 Å². The van der Waals surface area contributed by atoms with Gasteiger partial charge in [0.1, 0.15) is 0 Å². The Bertz CT molecular complexity index is 185. The van der Waals surface area contributed by atoms with Gasteiger partial charge in [0.05, 0.1) is 6.04 Å². The molecule has 0 aliphatic carbocycles. The van der Waals surface area contributed by atoms with E-state index in [2.05, 4.69) is 30.0 Å². The van der Waals surface area contributed by atoms with Crippen LogP contribution < -0.4 is 0 Å². The van der Waals surface area contributed by atoms with Crippen LogP contribution in [0.15, 0.2) is 9.98 Å². The van der Waals surface area contributed by atoms with Crippen LogP contribution in [-0.4, -0.2) is 25.5 Å². The van der Waals surface area contributed by atoms with Crippen LogP contribution in [0.5, 0.6) is 0 Å². The molecule has 0 N–H and O–H groups in total. The van der Waals surface area contributed by atoms with Crippen molar-refractivity contribution in [2.75, 3.05) is 7.05 Å². The van der Waals surface area contributed by atoms with E-state index in [1.165, 1.54) is 44.9 Å². The lowest BCUT2D eigenvalue weighted by Gasteiger charge is -1.99. The fourth-order valence-electron chi connectivity index (χ4n) is 1.69. The predicted octanol–water partition coefficient (Wildman–Crippen LogP) is 4.29. The average molecular weight is 224 g/mol. The zero-order valence-corrected chi connectivity index (χ0v) is 11.3. The third-order valence-corrected chi connectivity index (χ3v) is 2.64. The molecule has 0 saturated heterocycles. The third kappa shape index (κ3) is 11.4. The van der Waals surface area contributed by atoms with Gasteiger partial charge in [0.25, 0.3) is 0 Å². The molecule has 0 aromatic carbocycles. The van der Waals surface area contributed by atoms with E-state index >= 15 is 0 Å². The average Bonchev–Trinajstić information content (AvgIpc) is 2.27. The summed E-state index contributed by atoms with van der Waals surface area (Å²) in [4.78, 5) is 8.34. The Hall–Kier alpha value is -0.660. The van der Waals surface area contributed by atoms with Gasteiger partial charge in [-0.05, 0) is 26.0 Å². The first-order valence-electron chi connectivity index (χ1n) is 6.75. The smallest absolute Gasteiger partial charge is 0.0813 e. The fraction of sp³-hybridized carbons (Fsp3) is 0.857. The highest BCUT2D eigenvalue weighted by molar-refractivity contribution is 5.68. The minimum atomic E-state index is 0.245. The van der Waals surface area contributed by atoms with E-state index in [0.29, 0.717) is 0 Å². The molecule has 0 aromatic rings. The van der Waals surface area contributed by atoms with Gasteiger partial charge < -0.3 is 0 Å². The normalized spacial score (nSPS) is 13.9. The Labute approximate surface area is 101 Å². The van der Waals surface area contributed by atoms with Crippen LogP contribution in [-0.2, 0) is 0 Å². The second-order valence-corrected chi connectivity index (χ2v) is 4.39. The summed E-state index contributed by atoms with van der Waals surface area (Å²) in [5, 5.41) is 0. The molecule has 0 aliphatic rings. The van der Waals surface area contributed by atoms with Crippen LogP contribution in [0, 0.1) is 0 Å². The summed E-state index contributed by atoms with van der Waals surface area (Å²) in [6.07, 6.45) is 14.6. The second-order valence-electron chi connectivity index (χ2n) is 4.39. The van der Waals surface area contributed by atoms with Crippen LogP contribution in [0.1, 0.15) is 65.2 Å². The first-order chi connectivity index (χ1) is 7.81. The Morgan fingerprint density at radius 2 is 1.62 bits per heavy atom. The zero-order valence-electron chi connectivity index (χ0n) is 11.3. The number of hydrogen-bond donors (Lipinski definition) is 0. The number of rotatable bonds is 10. The maximum atomic E-state index is 4.39. The van der Waals surface area contributed by atoms with Crippen LogP contribution in [0.3, 0.4) is 0 Å². The molecule has 0 saturated carbocycles. The van der Waals surface area contributed by atoms with E-state index in [1.54, 1.807) is 7.05 Å². The molecule has 16 heavy (non-hydrogen) atoms. The second kappa shape index (κ2) is 12.4. The van der Waals surface area contributed by atoms with Crippen LogP contribution in [0.4, 0.5) is 0 Å². The zero-order chi connectivity index (χ0) is 12.1. The minimum absolute atomic E-state index is 0.245. The Balaban J connectivity index is 3.20. The highest BCUT2D eigenvalue weighted by atomic mass is 14.8. The van der Waals surface area contributed by atoms with Gasteiger partial charge in [-0.25, -0.2) is 0 Å². The van der Waals surface area contributed by atoms with Crippen LogP contribution in [0.25, 0.3) is 0 Å². The number of hydrogen-bond acceptors (Lipinski definition) is 2. The van der Waals surface area contributed by atoms with Gasteiger partial charge in [-0.2, -0.15) is 0 Å². The lowest BCUT2D eigenvalue weighted by molar-refractivity contribution is 0.596. The Morgan fingerprint density at radius 3 is 2.25 bits per heavy atom. The molecule has 0 fully saturated rings. The van der Waals surface area contributed by atoms with Crippen molar-refractivity contribution in [3.8, 4) is 0 Å². The molecule has 2 nitrogen and oxygen atoms in total. The molecule has 0 aliphatic heterocycles. The van der Waals surface area contributed by atoms with Gasteiger partial charge >= 0.3 is 0 Å². The Morgan fingerprint density at radius 1 is 1.00 bits per heavy atom. The SMILES string of the molecule is CCCCCCCCC/C=N\C(C)/C=N/C. The van der Waals surface area contributed by atoms with Crippen molar-refractivity contribution in [1.29, 1.82) is 0 Å². The van der Waals surface area contributed by atoms with E-state index in [9.17, 15) is 0 Å². The number of unbranched alkanes of at least 4 members (excludes halogenated alkanes) is 7. The molecular weight excluding hydrogens is 196 g/mol. The molecule has 2 heteroatoms. The number of aliphatic imine (C=N–C) groups is 2. The van der Waals surface area contributed by atoms with E-state index in [1.807, 2.05) is 6.21 Å². The largest absolute Gasteiger partial charge is 0.299 e. The summed E-state index contributed by atoms with van der Waals surface area (Å²) in [5.74, 6) is 0. The molecule has 0 radical (unpaired) electrons. The third-order valence-electron chi connectivity index (χ3n) is 2.64. The monoisotopic (exact) mass is 224 g/mol. The summed E-state index contributed by atoms with van der Waals surface area (Å²) in [5.41, 5.74) is 0. The van der Waals surface area contributed by atoms with Gasteiger partial charge in [-0.3, -0.25) is 9.98 Å². The number of nitrogens with zero attached hydrogens (tertiary/aromatic N) is 2. The molecular formula is C14H28N2. The Kier molecular flexibility index (Phi) is 11.9. The molecule has 0 aromatic heterocycles. The summed E-state index contributed by atoms with van der Waals surface area (Å²) in [6, 6.07) is 0.245. The molecule has 0 rings (SSSR count). The van der Waals surface area contributed by atoms with Crippen molar-refractivity contribution < 1.29 is 0 Å². The fourth-order valence-corrected chi connectivity index (χ4v) is 1.69. The molecule has 1 unspecified atom stereocenters. The topological polar surface area (TPSA) is 24.7 Å². The van der Waals surface area contributed by atoms with Crippen molar-refractivity contribution in [2.45, 2.75) is 71.3 Å². The van der Waals surface area contributed by atoms with Crippen molar-refractivity contribution >= 4 is 12.4 Å². The summed E-state index contributed by atoms with van der Waals surface area (Å²) in [7, 11) is 1.79. The highest BCUT2D eigenvalue weighted by Gasteiger charge is 1.91. The highest BCUT2D eigenvalue weighted by Crippen LogP contribution is 2.07. The van der Waals surface area contributed by atoms with E-state index in [0.717, 1.165) is 6.42 Å². The summed E-state index contributed by atoms with van der Waals surface area (Å²) >= 11 is 0. The standard InChI is InChI=1S/C14H28N2/c1-4-5-6-7-8-9-10-11-12-16-14(2)13-15-3/h12-14H,4-11H2,1-3H3/b15-13+,16-12-. The van der Waals surface area contributed by atoms with Crippen molar-refractivity contribution in [1.82, 2.24) is 0 Å². The molecule has 0 spiro atoms. The molecule has 94 valence electrons. The quantitative estimate of drug-likeness (QED) is 0.391. The maximum Gasteiger partial charge on any atom is 0.0813 e. The van der Waals surface area contributed by atoms with Gasteiger partial charge in [0.2, 0.25) is 0 Å². The molecule has 0 amide bonds. The van der Waals surface area contributed by atoms with Crippen molar-refractivity contribution in [2.24, 2.45) is 9.98 Å². The lowest BCUT2D eigenvalue weighted by Crippen LogP contribution is -1.99. The first-order valence-corrected chi connectivity index (χ1v) is 6.75. The van der Waals surface area contributed by atoms with Crippen molar-refractivity contribution in [3.63, 3.8) is 0 Å².